The Bertz CT molecular complexity index is 721. The highest BCUT2D eigenvalue weighted by molar-refractivity contribution is 5.79. The molecule has 1 aliphatic rings. The molecule has 21 heavy (non-hydrogen) atoms. The summed E-state index contributed by atoms with van der Waals surface area (Å²) in [6.45, 7) is 2.21. The number of rotatable bonds is 1. The first kappa shape index (κ1) is 13.9. The van der Waals surface area contributed by atoms with Crippen LogP contribution < -0.4 is 10.5 Å². The SMILES string of the molecule is O=c1cc(C(F)(F)F)c2ccc(N3CCOCC3)nc2o1. The molecule has 0 amide bonds. The van der Waals surface area contributed by atoms with E-state index in [9.17, 15) is 18.0 Å². The molecule has 0 aliphatic carbocycles. The molecular weight excluding hydrogens is 289 g/mol. The lowest BCUT2D eigenvalue weighted by atomic mass is 10.1. The van der Waals surface area contributed by atoms with Gasteiger partial charge < -0.3 is 14.1 Å². The summed E-state index contributed by atoms with van der Waals surface area (Å²) >= 11 is 0. The van der Waals surface area contributed by atoms with Crippen LogP contribution in [0.3, 0.4) is 0 Å². The predicted molar refractivity (Wildman–Crippen MR) is 68.3 cm³/mol. The maximum absolute atomic E-state index is 12.9. The molecule has 2 aromatic rings. The van der Waals surface area contributed by atoms with E-state index in [0.717, 1.165) is 0 Å². The molecule has 0 radical (unpaired) electrons. The Balaban J connectivity index is 2.12. The number of nitrogens with zero attached hydrogens (tertiary/aromatic N) is 2. The van der Waals surface area contributed by atoms with Crippen LogP contribution in [-0.4, -0.2) is 31.3 Å². The van der Waals surface area contributed by atoms with Gasteiger partial charge in [-0.3, -0.25) is 0 Å². The average Bonchev–Trinajstić information content (AvgIpc) is 2.45. The summed E-state index contributed by atoms with van der Waals surface area (Å²) in [5.41, 5.74) is -2.41. The Morgan fingerprint density at radius 3 is 2.57 bits per heavy atom. The Kier molecular flexibility index (Phi) is 3.32. The fraction of sp³-hybridized carbons (Fsp3) is 0.385. The molecule has 0 spiro atoms. The average molecular weight is 300 g/mol. The molecule has 1 saturated heterocycles. The van der Waals surface area contributed by atoms with Crippen molar-refractivity contribution in [1.82, 2.24) is 4.98 Å². The molecule has 8 heteroatoms. The second-order valence-corrected chi connectivity index (χ2v) is 4.60. The maximum atomic E-state index is 12.9. The van der Waals surface area contributed by atoms with Crippen LogP contribution in [0.4, 0.5) is 19.0 Å². The molecule has 5 nitrogen and oxygen atoms in total. The van der Waals surface area contributed by atoms with Gasteiger partial charge in [0.2, 0.25) is 5.71 Å². The molecule has 0 atom stereocenters. The largest absolute Gasteiger partial charge is 0.417 e. The number of hydrogen-bond acceptors (Lipinski definition) is 5. The topological polar surface area (TPSA) is 55.6 Å². The van der Waals surface area contributed by atoms with E-state index in [0.29, 0.717) is 38.2 Å². The minimum absolute atomic E-state index is 0.223. The normalized spacial score (nSPS) is 16.4. The molecule has 0 aromatic carbocycles. The summed E-state index contributed by atoms with van der Waals surface area (Å²) in [4.78, 5) is 17.2. The van der Waals surface area contributed by atoms with Crippen LogP contribution in [0.1, 0.15) is 5.56 Å². The number of ether oxygens (including phenoxy) is 1. The summed E-state index contributed by atoms with van der Waals surface area (Å²) < 4.78 is 48.8. The van der Waals surface area contributed by atoms with E-state index in [4.69, 9.17) is 9.15 Å². The Morgan fingerprint density at radius 2 is 1.90 bits per heavy atom. The minimum atomic E-state index is -4.63. The van der Waals surface area contributed by atoms with Gasteiger partial charge in [-0.05, 0) is 12.1 Å². The number of hydrogen-bond donors (Lipinski definition) is 0. The first-order chi connectivity index (χ1) is 9.95. The zero-order chi connectivity index (χ0) is 15.0. The number of pyridine rings is 1. The zero-order valence-corrected chi connectivity index (χ0v) is 10.8. The number of morpholine rings is 1. The molecule has 3 heterocycles. The monoisotopic (exact) mass is 300 g/mol. The summed E-state index contributed by atoms with van der Waals surface area (Å²) in [7, 11) is 0. The maximum Gasteiger partial charge on any atom is 0.417 e. The molecule has 0 bridgehead atoms. The fourth-order valence-electron chi connectivity index (χ4n) is 2.24. The van der Waals surface area contributed by atoms with Gasteiger partial charge in [0.15, 0.2) is 0 Å². The van der Waals surface area contributed by atoms with Crippen LogP contribution in [-0.2, 0) is 10.9 Å². The first-order valence-corrected chi connectivity index (χ1v) is 6.30. The van der Waals surface area contributed by atoms with E-state index in [2.05, 4.69) is 4.98 Å². The lowest BCUT2D eigenvalue weighted by Gasteiger charge is -2.27. The van der Waals surface area contributed by atoms with Gasteiger partial charge in [-0.2, -0.15) is 18.2 Å². The lowest BCUT2D eigenvalue weighted by molar-refractivity contribution is -0.136. The third-order valence-electron chi connectivity index (χ3n) is 3.24. The Labute approximate surface area is 116 Å². The van der Waals surface area contributed by atoms with Crippen molar-refractivity contribution in [3.05, 3.63) is 34.2 Å². The van der Waals surface area contributed by atoms with Gasteiger partial charge in [0, 0.05) is 24.5 Å². The molecule has 1 fully saturated rings. The van der Waals surface area contributed by atoms with Crippen molar-refractivity contribution in [1.29, 1.82) is 0 Å². The smallest absolute Gasteiger partial charge is 0.404 e. The predicted octanol–water partition coefficient (Wildman–Crippen LogP) is 2.04. The van der Waals surface area contributed by atoms with Gasteiger partial charge >= 0.3 is 11.8 Å². The highest BCUT2D eigenvalue weighted by atomic mass is 19.4. The van der Waals surface area contributed by atoms with Gasteiger partial charge in [-0.1, -0.05) is 0 Å². The van der Waals surface area contributed by atoms with Crippen LogP contribution >= 0.6 is 0 Å². The van der Waals surface area contributed by atoms with E-state index >= 15 is 0 Å². The van der Waals surface area contributed by atoms with E-state index in [1.165, 1.54) is 12.1 Å². The zero-order valence-electron chi connectivity index (χ0n) is 10.8. The standard InChI is InChI=1S/C13H11F3N2O3/c14-13(15,16)9-7-11(19)21-12-8(9)1-2-10(17-12)18-3-5-20-6-4-18/h1-2,7H,3-6H2. The van der Waals surface area contributed by atoms with Crippen molar-refractivity contribution in [2.24, 2.45) is 0 Å². The van der Waals surface area contributed by atoms with Crippen LogP contribution in [0.2, 0.25) is 0 Å². The molecule has 0 unspecified atom stereocenters. The number of fused-ring (bicyclic) bond motifs is 1. The molecular formula is C13H11F3N2O3. The molecule has 2 aromatic heterocycles. The second-order valence-electron chi connectivity index (χ2n) is 4.60. The Hall–Kier alpha value is -2.09. The highest BCUT2D eigenvalue weighted by Gasteiger charge is 2.34. The summed E-state index contributed by atoms with van der Waals surface area (Å²) in [6, 6.07) is 3.21. The number of halogens is 3. The van der Waals surface area contributed by atoms with Gasteiger partial charge in [0.1, 0.15) is 5.82 Å². The van der Waals surface area contributed by atoms with Crippen LogP contribution in [0.5, 0.6) is 0 Å². The van der Waals surface area contributed by atoms with E-state index < -0.39 is 17.4 Å². The van der Waals surface area contributed by atoms with Crippen molar-refractivity contribution in [3.63, 3.8) is 0 Å². The van der Waals surface area contributed by atoms with Crippen LogP contribution in [0.15, 0.2) is 27.4 Å². The third-order valence-corrected chi connectivity index (χ3v) is 3.24. The molecule has 1 aliphatic heterocycles. The molecule has 3 rings (SSSR count). The third kappa shape index (κ3) is 2.71. The van der Waals surface area contributed by atoms with E-state index in [1.54, 1.807) is 0 Å². The van der Waals surface area contributed by atoms with Crippen LogP contribution in [0.25, 0.3) is 11.1 Å². The highest BCUT2D eigenvalue weighted by Crippen LogP contribution is 2.33. The fourth-order valence-corrected chi connectivity index (χ4v) is 2.24. The van der Waals surface area contributed by atoms with E-state index in [1.807, 2.05) is 4.90 Å². The summed E-state index contributed by atoms with van der Waals surface area (Å²) in [5.74, 6) is 0.466. The quantitative estimate of drug-likeness (QED) is 0.806. The van der Waals surface area contributed by atoms with Gasteiger partial charge in [0.25, 0.3) is 0 Å². The van der Waals surface area contributed by atoms with Crippen molar-refractivity contribution in [2.45, 2.75) is 6.18 Å². The summed E-state index contributed by atoms with van der Waals surface area (Å²) in [5, 5.41) is -0.223. The minimum Gasteiger partial charge on any atom is -0.404 e. The van der Waals surface area contributed by atoms with Crippen LogP contribution in [0, 0.1) is 0 Å². The van der Waals surface area contributed by atoms with Crippen molar-refractivity contribution in [2.75, 3.05) is 31.2 Å². The van der Waals surface area contributed by atoms with Crippen molar-refractivity contribution >= 4 is 16.9 Å². The van der Waals surface area contributed by atoms with Crippen molar-refractivity contribution < 1.29 is 22.3 Å². The van der Waals surface area contributed by atoms with Crippen molar-refractivity contribution in [3.8, 4) is 0 Å². The lowest BCUT2D eigenvalue weighted by Crippen LogP contribution is -2.36. The molecule has 0 N–H and O–H groups in total. The van der Waals surface area contributed by atoms with Gasteiger partial charge in [-0.25, -0.2) is 4.79 Å². The number of anilines is 1. The van der Waals surface area contributed by atoms with Gasteiger partial charge in [0.05, 0.1) is 18.8 Å². The molecule has 0 saturated carbocycles. The molecule has 112 valence electrons. The summed E-state index contributed by atoms with van der Waals surface area (Å²) in [6.07, 6.45) is -4.63. The Morgan fingerprint density at radius 1 is 1.19 bits per heavy atom. The van der Waals surface area contributed by atoms with E-state index in [-0.39, 0.29) is 11.1 Å². The number of aromatic nitrogens is 1. The van der Waals surface area contributed by atoms with Gasteiger partial charge in [-0.15, -0.1) is 0 Å². The number of alkyl halides is 3. The first-order valence-electron chi connectivity index (χ1n) is 6.30. The second kappa shape index (κ2) is 5.03.